The topological polar surface area (TPSA) is 104 Å². The second kappa shape index (κ2) is 5.09. The van der Waals surface area contributed by atoms with E-state index in [1.54, 1.807) is 24.3 Å². The molecule has 0 atom stereocenters. The smallest absolute Gasteiger partial charge is 0.269 e. The summed E-state index contributed by atoms with van der Waals surface area (Å²) < 4.78 is 0. The minimum absolute atomic E-state index is 0. The molecule has 0 saturated carbocycles. The molecule has 0 fully saturated rings. The zero-order valence-corrected chi connectivity index (χ0v) is 9.17. The average molecular weight is 231 g/mol. The van der Waals surface area contributed by atoms with Gasteiger partial charge in [-0.05, 0) is 35.4 Å². The van der Waals surface area contributed by atoms with Crippen LogP contribution in [0.4, 0.5) is 11.4 Å². The molecule has 0 radical (unpaired) electrons. The maximum Gasteiger partial charge on any atom is 0.269 e. The van der Waals surface area contributed by atoms with Crippen molar-refractivity contribution in [3.8, 4) is 11.1 Å². The van der Waals surface area contributed by atoms with Crippen LogP contribution in [0, 0.1) is 10.1 Å². The lowest BCUT2D eigenvalue weighted by Gasteiger charge is -2.01. The van der Waals surface area contributed by atoms with Gasteiger partial charge in [0.05, 0.1) is 4.92 Å². The number of nitro groups is 1. The van der Waals surface area contributed by atoms with E-state index >= 15 is 0 Å². The average Bonchev–Trinajstić information content (AvgIpc) is 2.30. The van der Waals surface area contributed by atoms with Gasteiger partial charge in [0.1, 0.15) is 0 Å². The Morgan fingerprint density at radius 3 is 1.71 bits per heavy atom. The Hall–Kier alpha value is -2.40. The summed E-state index contributed by atoms with van der Waals surface area (Å²) >= 11 is 0. The lowest BCUT2D eigenvalue weighted by molar-refractivity contribution is -0.384. The zero-order chi connectivity index (χ0) is 11.5. The van der Waals surface area contributed by atoms with Gasteiger partial charge in [-0.2, -0.15) is 0 Å². The van der Waals surface area contributed by atoms with E-state index in [2.05, 4.69) is 0 Å². The van der Waals surface area contributed by atoms with E-state index in [0.717, 1.165) is 11.1 Å². The molecule has 2 aromatic carbocycles. The third-order valence-electron chi connectivity index (χ3n) is 2.32. The first-order chi connectivity index (χ1) is 7.66. The van der Waals surface area contributed by atoms with Crippen molar-refractivity contribution in [1.29, 1.82) is 0 Å². The molecule has 5 nitrogen and oxygen atoms in total. The summed E-state index contributed by atoms with van der Waals surface area (Å²) in [5.74, 6) is 0. The third kappa shape index (κ3) is 2.79. The van der Waals surface area contributed by atoms with Crippen LogP contribution in [0.1, 0.15) is 0 Å². The molecule has 2 aromatic rings. The van der Waals surface area contributed by atoms with Gasteiger partial charge in [0, 0.05) is 17.8 Å². The van der Waals surface area contributed by atoms with Gasteiger partial charge >= 0.3 is 0 Å². The van der Waals surface area contributed by atoms with E-state index in [9.17, 15) is 10.1 Å². The van der Waals surface area contributed by atoms with Crippen molar-refractivity contribution in [1.82, 2.24) is 6.15 Å². The number of nitrogens with two attached hydrogens (primary N) is 1. The maximum atomic E-state index is 10.5. The van der Waals surface area contributed by atoms with Crippen molar-refractivity contribution >= 4 is 11.4 Å². The van der Waals surface area contributed by atoms with E-state index in [1.165, 1.54) is 12.1 Å². The van der Waals surface area contributed by atoms with Crippen LogP contribution in [-0.4, -0.2) is 4.92 Å². The van der Waals surface area contributed by atoms with Gasteiger partial charge in [-0.25, -0.2) is 0 Å². The first kappa shape index (κ1) is 12.7. The Labute approximate surface area is 98.6 Å². The van der Waals surface area contributed by atoms with Crippen molar-refractivity contribution in [3.63, 3.8) is 0 Å². The number of nitro benzene ring substituents is 1. The summed E-state index contributed by atoms with van der Waals surface area (Å²) in [7, 11) is 0. The lowest BCUT2D eigenvalue weighted by Crippen LogP contribution is -1.87. The number of hydrogen-bond acceptors (Lipinski definition) is 4. The van der Waals surface area contributed by atoms with Crippen molar-refractivity contribution in [2.45, 2.75) is 0 Å². The predicted octanol–water partition coefficient (Wildman–Crippen LogP) is 3.01. The van der Waals surface area contributed by atoms with Gasteiger partial charge in [-0.15, -0.1) is 0 Å². The normalized spacial score (nSPS) is 9.41. The number of rotatable bonds is 2. The molecule has 2 rings (SSSR count). The van der Waals surface area contributed by atoms with Gasteiger partial charge < -0.3 is 11.9 Å². The van der Waals surface area contributed by atoms with Crippen molar-refractivity contribution in [2.75, 3.05) is 5.73 Å². The summed E-state index contributed by atoms with van der Waals surface area (Å²) in [6.45, 7) is 0. The largest absolute Gasteiger partial charge is 0.399 e. The molecule has 0 aliphatic rings. The fourth-order valence-electron chi connectivity index (χ4n) is 1.45. The van der Waals surface area contributed by atoms with Gasteiger partial charge in [-0.3, -0.25) is 10.1 Å². The highest BCUT2D eigenvalue weighted by Crippen LogP contribution is 2.22. The second-order valence-corrected chi connectivity index (χ2v) is 3.43. The van der Waals surface area contributed by atoms with Crippen LogP contribution in [0.3, 0.4) is 0 Å². The van der Waals surface area contributed by atoms with Gasteiger partial charge in [0.2, 0.25) is 0 Å². The molecule has 0 unspecified atom stereocenters. The molecule has 0 spiro atoms. The molecule has 17 heavy (non-hydrogen) atoms. The highest BCUT2D eigenvalue weighted by atomic mass is 16.6. The predicted molar refractivity (Wildman–Crippen MR) is 68.0 cm³/mol. The van der Waals surface area contributed by atoms with E-state index in [4.69, 9.17) is 5.73 Å². The second-order valence-electron chi connectivity index (χ2n) is 3.43. The molecule has 5 N–H and O–H groups in total. The summed E-state index contributed by atoms with van der Waals surface area (Å²) in [5, 5.41) is 10.5. The molecule has 0 bridgehead atoms. The van der Waals surface area contributed by atoms with Crippen molar-refractivity contribution < 1.29 is 4.92 Å². The van der Waals surface area contributed by atoms with E-state index < -0.39 is 4.92 Å². The van der Waals surface area contributed by atoms with Gasteiger partial charge in [0.25, 0.3) is 5.69 Å². The SMILES string of the molecule is N.Nc1ccc(-c2ccc([N+](=O)[O-])cc2)cc1. The molecule has 88 valence electrons. The third-order valence-corrected chi connectivity index (χ3v) is 2.32. The summed E-state index contributed by atoms with van der Waals surface area (Å²) in [6.07, 6.45) is 0. The van der Waals surface area contributed by atoms with Crippen LogP contribution in [-0.2, 0) is 0 Å². The Morgan fingerprint density at radius 2 is 1.29 bits per heavy atom. The van der Waals surface area contributed by atoms with Crippen LogP contribution in [0.2, 0.25) is 0 Å². The monoisotopic (exact) mass is 231 g/mol. The lowest BCUT2D eigenvalue weighted by atomic mass is 10.1. The standard InChI is InChI=1S/C12H10N2O2.H3N/c13-11-5-1-9(2-6-11)10-3-7-12(8-4-10)14(15)16;/h1-8H,13H2;1H3. The zero-order valence-electron chi connectivity index (χ0n) is 9.17. The number of hydrogen-bond donors (Lipinski definition) is 2. The fraction of sp³-hybridized carbons (Fsp3) is 0. The van der Waals surface area contributed by atoms with Gasteiger partial charge in [0.15, 0.2) is 0 Å². The summed E-state index contributed by atoms with van der Waals surface area (Å²) in [4.78, 5) is 10.1. The highest BCUT2D eigenvalue weighted by molar-refractivity contribution is 5.66. The molecule has 0 saturated heterocycles. The minimum Gasteiger partial charge on any atom is -0.399 e. The molecule has 0 aliphatic heterocycles. The van der Waals surface area contributed by atoms with Crippen LogP contribution >= 0.6 is 0 Å². The molecule has 0 amide bonds. The number of nitrogens with zero attached hydrogens (tertiary/aromatic N) is 1. The Kier molecular flexibility index (Phi) is 3.79. The van der Waals surface area contributed by atoms with E-state index in [1.807, 2.05) is 12.1 Å². The molecular formula is C12H13N3O2. The Balaban J connectivity index is 0.00000144. The van der Waals surface area contributed by atoms with E-state index in [0.29, 0.717) is 5.69 Å². The van der Waals surface area contributed by atoms with Crippen LogP contribution in [0.5, 0.6) is 0 Å². The number of non-ortho nitro benzene ring substituents is 1. The van der Waals surface area contributed by atoms with Crippen molar-refractivity contribution in [2.24, 2.45) is 0 Å². The summed E-state index contributed by atoms with van der Waals surface area (Å²) in [5.41, 5.74) is 8.30. The number of anilines is 1. The molecule has 5 heteroatoms. The van der Waals surface area contributed by atoms with Crippen molar-refractivity contribution in [3.05, 3.63) is 58.6 Å². The molecule has 0 aromatic heterocycles. The quantitative estimate of drug-likeness (QED) is 0.470. The van der Waals surface area contributed by atoms with E-state index in [-0.39, 0.29) is 11.8 Å². The minimum atomic E-state index is -0.410. The molecular weight excluding hydrogens is 218 g/mol. The Morgan fingerprint density at radius 1 is 0.882 bits per heavy atom. The fourth-order valence-corrected chi connectivity index (χ4v) is 1.45. The number of nitrogen functional groups attached to an aromatic ring is 1. The Bertz CT molecular complexity index is 506. The number of benzene rings is 2. The van der Waals surface area contributed by atoms with Crippen LogP contribution in [0.25, 0.3) is 11.1 Å². The summed E-state index contributed by atoms with van der Waals surface area (Å²) in [6, 6.07) is 13.8. The first-order valence-corrected chi connectivity index (χ1v) is 4.77. The van der Waals surface area contributed by atoms with Crippen LogP contribution < -0.4 is 11.9 Å². The highest BCUT2D eigenvalue weighted by Gasteiger charge is 2.04. The van der Waals surface area contributed by atoms with Crippen LogP contribution in [0.15, 0.2) is 48.5 Å². The molecule has 0 aliphatic carbocycles. The molecule has 0 heterocycles. The first-order valence-electron chi connectivity index (χ1n) is 4.77. The van der Waals surface area contributed by atoms with Gasteiger partial charge in [-0.1, -0.05) is 12.1 Å². The maximum absolute atomic E-state index is 10.5.